The molecule has 1 atom stereocenters. The predicted molar refractivity (Wildman–Crippen MR) is 104 cm³/mol. The molecule has 1 aromatic carbocycles. The van der Waals surface area contributed by atoms with Crippen LogP contribution in [-0.2, 0) is 14.3 Å². The van der Waals surface area contributed by atoms with Crippen LogP contribution in [0.3, 0.4) is 0 Å². The fourth-order valence-electron chi connectivity index (χ4n) is 3.03. The van der Waals surface area contributed by atoms with E-state index in [0.717, 1.165) is 4.90 Å². The highest BCUT2D eigenvalue weighted by molar-refractivity contribution is 7.12. The maximum Gasteiger partial charge on any atom is 0.337 e. The van der Waals surface area contributed by atoms with Gasteiger partial charge in [0.1, 0.15) is 6.04 Å². The molecule has 0 bridgehead atoms. The molecular weight excluding hydrogens is 380 g/mol. The minimum atomic E-state index is -0.902. The highest BCUT2D eigenvalue weighted by atomic mass is 32.1. The van der Waals surface area contributed by atoms with Crippen LogP contribution in [0.25, 0.3) is 0 Å². The van der Waals surface area contributed by atoms with E-state index < -0.39 is 23.8 Å². The van der Waals surface area contributed by atoms with E-state index in [1.165, 1.54) is 53.7 Å². The Hall–Kier alpha value is -3.26. The van der Waals surface area contributed by atoms with E-state index in [-0.39, 0.29) is 18.9 Å². The van der Waals surface area contributed by atoms with E-state index in [2.05, 4.69) is 11.3 Å². The molecule has 3 amide bonds. The highest BCUT2D eigenvalue weighted by Gasteiger charge is 2.44. The van der Waals surface area contributed by atoms with Gasteiger partial charge in [-0.25, -0.2) is 9.69 Å². The first kappa shape index (κ1) is 19.5. The topological polar surface area (TPSA) is 84.0 Å². The molecule has 0 radical (unpaired) electrons. The molecule has 1 fully saturated rings. The van der Waals surface area contributed by atoms with Gasteiger partial charge < -0.3 is 9.64 Å². The van der Waals surface area contributed by atoms with E-state index >= 15 is 0 Å². The summed E-state index contributed by atoms with van der Waals surface area (Å²) >= 11 is 1.27. The number of ether oxygens (including phenoxy) is 1. The molecule has 2 aromatic rings. The SMILES string of the molecule is C=CCN(C(=O)c1cccs1)C1CC(=O)N(c2ccc(C(=O)OC)cc2)C1=O. The van der Waals surface area contributed by atoms with Gasteiger partial charge in [-0.15, -0.1) is 17.9 Å². The molecular formula is C20H18N2O5S. The van der Waals surface area contributed by atoms with Crippen LogP contribution in [0.15, 0.2) is 54.4 Å². The Morgan fingerprint density at radius 3 is 2.57 bits per heavy atom. The summed E-state index contributed by atoms with van der Waals surface area (Å²) in [5, 5.41) is 1.77. The fourth-order valence-corrected chi connectivity index (χ4v) is 3.71. The molecule has 0 saturated carbocycles. The fraction of sp³-hybridized carbons (Fsp3) is 0.200. The smallest absolute Gasteiger partial charge is 0.337 e. The van der Waals surface area contributed by atoms with Crippen molar-refractivity contribution in [2.24, 2.45) is 0 Å². The average Bonchev–Trinajstić information content (AvgIpc) is 3.33. The summed E-state index contributed by atoms with van der Waals surface area (Å²) < 4.78 is 4.64. The number of hydrogen-bond donors (Lipinski definition) is 0. The van der Waals surface area contributed by atoms with Crippen LogP contribution in [0.2, 0.25) is 0 Å². The number of hydrogen-bond acceptors (Lipinski definition) is 6. The van der Waals surface area contributed by atoms with Crippen LogP contribution < -0.4 is 4.90 Å². The molecule has 1 aliphatic heterocycles. The van der Waals surface area contributed by atoms with Crippen LogP contribution >= 0.6 is 11.3 Å². The van der Waals surface area contributed by atoms with Crippen molar-refractivity contribution < 1.29 is 23.9 Å². The maximum atomic E-state index is 13.0. The van der Waals surface area contributed by atoms with Gasteiger partial charge in [-0.3, -0.25) is 14.4 Å². The van der Waals surface area contributed by atoms with Gasteiger partial charge >= 0.3 is 5.97 Å². The lowest BCUT2D eigenvalue weighted by molar-refractivity contribution is -0.122. The Kier molecular flexibility index (Phi) is 5.70. The van der Waals surface area contributed by atoms with E-state index in [1.54, 1.807) is 17.5 Å². The normalized spacial score (nSPS) is 16.2. The number of benzene rings is 1. The van der Waals surface area contributed by atoms with Gasteiger partial charge in [0.25, 0.3) is 11.8 Å². The van der Waals surface area contributed by atoms with Gasteiger partial charge in [0.2, 0.25) is 5.91 Å². The van der Waals surface area contributed by atoms with E-state index in [9.17, 15) is 19.2 Å². The number of nitrogens with zero attached hydrogens (tertiary/aromatic N) is 2. The number of imide groups is 1. The van der Waals surface area contributed by atoms with Crippen LogP contribution in [0.4, 0.5) is 5.69 Å². The first-order chi connectivity index (χ1) is 13.5. The molecule has 0 N–H and O–H groups in total. The van der Waals surface area contributed by atoms with Crippen molar-refractivity contribution in [1.29, 1.82) is 0 Å². The average molecular weight is 398 g/mol. The molecule has 1 saturated heterocycles. The van der Waals surface area contributed by atoms with Crippen molar-refractivity contribution in [3.63, 3.8) is 0 Å². The molecule has 8 heteroatoms. The Morgan fingerprint density at radius 2 is 2.00 bits per heavy atom. The zero-order valence-corrected chi connectivity index (χ0v) is 16.0. The Bertz CT molecular complexity index is 921. The molecule has 28 heavy (non-hydrogen) atoms. The summed E-state index contributed by atoms with van der Waals surface area (Å²) in [7, 11) is 1.27. The van der Waals surface area contributed by atoms with Gasteiger partial charge in [-0.05, 0) is 35.7 Å². The predicted octanol–water partition coefficient (Wildman–Crippen LogP) is 2.50. The summed E-state index contributed by atoms with van der Waals surface area (Å²) in [4.78, 5) is 52.7. The Balaban J connectivity index is 1.86. The van der Waals surface area contributed by atoms with E-state index in [1.807, 2.05) is 0 Å². The van der Waals surface area contributed by atoms with Crippen molar-refractivity contribution in [2.75, 3.05) is 18.6 Å². The van der Waals surface area contributed by atoms with Gasteiger partial charge in [-0.2, -0.15) is 0 Å². The summed E-state index contributed by atoms with van der Waals surface area (Å²) in [6.07, 6.45) is 1.42. The summed E-state index contributed by atoms with van der Waals surface area (Å²) in [5.41, 5.74) is 0.648. The lowest BCUT2D eigenvalue weighted by Gasteiger charge is -2.26. The Labute approximate surface area is 165 Å². The third-order valence-electron chi connectivity index (χ3n) is 4.36. The molecule has 0 aliphatic carbocycles. The third kappa shape index (κ3) is 3.59. The summed E-state index contributed by atoms with van der Waals surface area (Å²) in [6.45, 7) is 3.80. The van der Waals surface area contributed by atoms with E-state index in [4.69, 9.17) is 0 Å². The van der Waals surface area contributed by atoms with Crippen LogP contribution in [-0.4, -0.2) is 48.3 Å². The van der Waals surface area contributed by atoms with Crippen molar-refractivity contribution in [3.8, 4) is 0 Å². The summed E-state index contributed by atoms with van der Waals surface area (Å²) in [5.74, 6) is -1.72. The maximum absolute atomic E-state index is 13.0. The van der Waals surface area contributed by atoms with E-state index in [0.29, 0.717) is 16.1 Å². The van der Waals surface area contributed by atoms with Gasteiger partial charge in [0, 0.05) is 6.54 Å². The minimum Gasteiger partial charge on any atom is -0.465 e. The first-order valence-electron chi connectivity index (χ1n) is 8.48. The summed E-state index contributed by atoms with van der Waals surface area (Å²) in [6, 6.07) is 8.49. The number of methoxy groups -OCH3 is 1. The van der Waals surface area contributed by atoms with Gasteiger partial charge in [-0.1, -0.05) is 12.1 Å². The molecule has 2 heterocycles. The molecule has 1 aliphatic rings. The molecule has 144 valence electrons. The molecule has 1 aromatic heterocycles. The second-order valence-corrected chi connectivity index (χ2v) is 7.00. The molecule has 1 unspecified atom stereocenters. The third-order valence-corrected chi connectivity index (χ3v) is 5.22. The number of esters is 1. The van der Waals surface area contributed by atoms with Gasteiger partial charge in [0.15, 0.2) is 0 Å². The number of anilines is 1. The zero-order valence-electron chi connectivity index (χ0n) is 15.2. The second-order valence-electron chi connectivity index (χ2n) is 6.05. The monoisotopic (exact) mass is 398 g/mol. The van der Waals surface area contributed by atoms with Crippen LogP contribution in [0.5, 0.6) is 0 Å². The highest BCUT2D eigenvalue weighted by Crippen LogP contribution is 2.27. The zero-order chi connectivity index (χ0) is 20.3. The molecule has 0 spiro atoms. The second kappa shape index (κ2) is 8.18. The van der Waals surface area contributed by atoms with Crippen LogP contribution in [0.1, 0.15) is 26.5 Å². The van der Waals surface area contributed by atoms with Crippen molar-refractivity contribution in [2.45, 2.75) is 12.5 Å². The van der Waals surface area contributed by atoms with Crippen molar-refractivity contribution in [1.82, 2.24) is 4.90 Å². The molecule has 3 rings (SSSR count). The van der Waals surface area contributed by atoms with Crippen LogP contribution in [0, 0.1) is 0 Å². The number of amides is 3. The van der Waals surface area contributed by atoms with Crippen molar-refractivity contribution in [3.05, 3.63) is 64.9 Å². The molecule has 7 nitrogen and oxygen atoms in total. The number of carbonyl (C=O) groups is 4. The first-order valence-corrected chi connectivity index (χ1v) is 9.36. The number of carbonyl (C=O) groups excluding carboxylic acids is 4. The number of thiophene rings is 1. The van der Waals surface area contributed by atoms with Gasteiger partial charge in [0.05, 0.1) is 29.7 Å². The minimum absolute atomic E-state index is 0.109. The van der Waals surface area contributed by atoms with Crippen molar-refractivity contribution >= 4 is 40.7 Å². The largest absolute Gasteiger partial charge is 0.465 e. The standard InChI is InChI=1S/C20H18N2O5S/c1-3-10-21(19(25)16-5-4-11-28-16)15-12-17(23)22(18(15)24)14-8-6-13(7-9-14)20(26)27-2/h3-9,11,15H,1,10,12H2,2H3. The quantitative estimate of drug-likeness (QED) is 0.424. The number of rotatable bonds is 6. The lowest BCUT2D eigenvalue weighted by Crippen LogP contribution is -2.45. The Morgan fingerprint density at radius 1 is 1.29 bits per heavy atom. The lowest BCUT2D eigenvalue weighted by atomic mass is 10.2.